The van der Waals surface area contributed by atoms with Gasteiger partial charge in [-0.15, -0.1) is 0 Å². The number of carbonyl (C=O) groups excluding carboxylic acids is 15. The Hall–Kier alpha value is -13.3. The third kappa shape index (κ3) is 42.5. The van der Waals surface area contributed by atoms with Crippen molar-refractivity contribution in [2.45, 2.75) is 240 Å². The highest BCUT2D eigenvalue weighted by Gasteiger charge is 2.35. The summed E-state index contributed by atoms with van der Waals surface area (Å²) in [5.41, 5.74) is 13.4. The highest BCUT2D eigenvalue weighted by atomic mass is 33.1. The molecule has 10 atom stereocenters. The fourth-order valence-electron chi connectivity index (χ4n) is 13.2. The van der Waals surface area contributed by atoms with Crippen molar-refractivity contribution >= 4 is 163 Å². The molecule has 0 bridgehead atoms. The molecule has 0 fully saturated rings. The average Bonchev–Trinajstić information content (AvgIpc) is 0.809. The first-order valence-corrected chi connectivity index (χ1v) is 47.3. The maximum absolute atomic E-state index is 14.9. The van der Waals surface area contributed by atoms with Crippen molar-refractivity contribution in [1.29, 1.82) is 5.41 Å². The molecule has 138 heavy (non-hydrogen) atoms. The second kappa shape index (κ2) is 61.0. The molecule has 0 aliphatic heterocycles. The van der Waals surface area contributed by atoms with Gasteiger partial charge in [0.25, 0.3) is 17.4 Å². The minimum atomic E-state index is -1.80. The third-order valence-corrected chi connectivity index (χ3v) is 24.2. The molecule has 4 aromatic heterocycles. The maximum atomic E-state index is 14.9. The van der Waals surface area contributed by atoms with Crippen LogP contribution < -0.4 is 96.9 Å². The zero-order chi connectivity index (χ0) is 101. The van der Waals surface area contributed by atoms with Gasteiger partial charge in [-0.05, 0) is 165 Å². The number of carbonyl (C=O) groups is 16. The molecule has 0 radical (unpaired) electrons. The van der Waals surface area contributed by atoms with Gasteiger partial charge in [-0.1, -0.05) is 21.6 Å². The van der Waals surface area contributed by atoms with E-state index < -0.39 is 225 Å². The van der Waals surface area contributed by atoms with E-state index in [1.165, 1.54) is 36.7 Å². The number of rotatable bonds is 68. The van der Waals surface area contributed by atoms with Crippen LogP contribution in [0.1, 0.15) is 194 Å². The lowest BCUT2D eigenvalue weighted by atomic mass is 10.0. The average molecular weight is 1970 g/mol. The van der Waals surface area contributed by atoms with Crippen molar-refractivity contribution in [2.24, 2.45) is 0 Å². The Bertz CT molecular complexity index is 5180. The van der Waals surface area contributed by atoms with Crippen LogP contribution >= 0.6 is 21.6 Å². The fraction of sp³-hybridized carbons (Fsp3) is 0.540. The van der Waals surface area contributed by atoms with Gasteiger partial charge >= 0.3 is 5.97 Å². The van der Waals surface area contributed by atoms with Gasteiger partial charge < -0.3 is 141 Å². The SMILES string of the molecule is CC(C)(CNC(=O)[C@H](CCC(=O)NCCCC[C@H](O)CO)NC(=O)[C@H](CCC=O)NC(=O)[C@H](CCC(=O)NCCCC[C@H](O)CO)NC(=O)[C@H](CCC=O)NC(=O)[C@H](CCC(=O)NCCCC[C@H](O)CO)NC(=O)CCCNC(=O)c1ccc(NCc2cnc3nc(N)[nH]c(=O)c3n2)cc1)SSCC(C=O)NC(=O)CC[C@H](NC(=O)c1ccc(NCc2cnc3nc(N)[nH]c(=N)c3n2)cc1)C(=O)O. The number of benzene rings is 2. The Morgan fingerprint density at radius 3 is 1.30 bits per heavy atom. The third-order valence-electron chi connectivity index (χ3n) is 20.9. The van der Waals surface area contributed by atoms with Crippen LogP contribution in [0.4, 0.5) is 23.3 Å². The zero-order valence-electron chi connectivity index (χ0n) is 76.5. The van der Waals surface area contributed by atoms with Crippen LogP contribution in [0.5, 0.6) is 0 Å². The lowest BCUT2D eigenvalue weighted by Gasteiger charge is -2.28. The first kappa shape index (κ1) is 113. The molecule has 2 aromatic carbocycles. The molecule has 12 amide bonds. The Morgan fingerprint density at radius 2 is 0.848 bits per heavy atom. The van der Waals surface area contributed by atoms with Crippen LogP contribution in [0.3, 0.4) is 0 Å². The van der Waals surface area contributed by atoms with Gasteiger partial charge in [-0.3, -0.25) is 72.7 Å². The Morgan fingerprint density at radius 1 is 0.449 bits per heavy atom. The number of nitrogen functional groups attached to an aromatic ring is 2. The van der Waals surface area contributed by atoms with E-state index in [1.807, 2.05) is 0 Å². The van der Waals surface area contributed by atoms with Crippen LogP contribution in [0.2, 0.25) is 0 Å². The number of hydrogen-bond donors (Lipinski definition) is 26. The van der Waals surface area contributed by atoms with E-state index in [0.717, 1.165) is 21.6 Å². The van der Waals surface area contributed by atoms with Crippen LogP contribution in [-0.4, -0.2) is 295 Å². The summed E-state index contributed by atoms with van der Waals surface area (Å²) in [6.07, 6.45) is -1.27. The van der Waals surface area contributed by atoms with E-state index in [-0.39, 0.29) is 154 Å². The Labute approximate surface area is 800 Å². The molecule has 4 heterocycles. The number of nitrogens with one attached hydrogen (secondary N) is 17. The first-order chi connectivity index (χ1) is 66.0. The number of nitrogens with zero attached hydrogens (tertiary/aromatic N) is 6. The maximum Gasteiger partial charge on any atom is 0.326 e. The topological polar surface area (TPSA) is 785 Å². The van der Waals surface area contributed by atoms with Crippen LogP contribution in [-0.2, 0) is 80.2 Å². The molecule has 49 nitrogen and oxygen atoms in total. The van der Waals surface area contributed by atoms with Gasteiger partial charge in [-0.2, -0.15) is 9.97 Å². The van der Waals surface area contributed by atoms with E-state index in [2.05, 4.69) is 114 Å². The summed E-state index contributed by atoms with van der Waals surface area (Å²) in [4.78, 5) is 258. The number of aromatic amines is 2. The predicted molar refractivity (Wildman–Crippen MR) is 504 cm³/mol. The first-order valence-electron chi connectivity index (χ1n) is 45.0. The summed E-state index contributed by atoms with van der Waals surface area (Å²) in [6.45, 7) is 2.34. The number of H-pyrrole nitrogens is 2. The molecular weight excluding hydrogens is 1840 g/mol. The Balaban J connectivity index is 1.11. The molecule has 6 rings (SSSR count). The fourth-order valence-corrected chi connectivity index (χ4v) is 15.8. The summed E-state index contributed by atoms with van der Waals surface area (Å²) in [7, 11) is 2.27. The molecule has 0 aliphatic rings. The number of aldehydes is 3. The van der Waals surface area contributed by atoms with Gasteiger partial charge in [0.1, 0.15) is 55.1 Å². The largest absolute Gasteiger partial charge is 0.480 e. The number of nitrogens with two attached hydrogens (primary N) is 2. The molecule has 0 aliphatic carbocycles. The lowest BCUT2D eigenvalue weighted by molar-refractivity contribution is -0.139. The summed E-state index contributed by atoms with van der Waals surface area (Å²) in [6, 6.07) is 1.22. The number of aliphatic hydroxyl groups excluding tert-OH is 6. The highest BCUT2D eigenvalue weighted by molar-refractivity contribution is 8.77. The number of anilines is 4. The van der Waals surface area contributed by atoms with Crippen molar-refractivity contribution in [3.8, 4) is 0 Å². The number of aliphatic hydroxyl groups is 6. The zero-order valence-corrected chi connectivity index (χ0v) is 78.2. The molecule has 1 unspecified atom stereocenters. The smallest absolute Gasteiger partial charge is 0.326 e. The molecule has 0 saturated carbocycles. The monoisotopic (exact) mass is 1970 g/mol. The summed E-state index contributed by atoms with van der Waals surface area (Å²) in [5, 5.41) is 113. The normalized spacial score (nSPS) is 13.4. The second-order valence-electron chi connectivity index (χ2n) is 32.8. The highest BCUT2D eigenvalue weighted by Crippen LogP contribution is 2.35. The van der Waals surface area contributed by atoms with Gasteiger partial charge in [-0.25, -0.2) is 24.7 Å². The van der Waals surface area contributed by atoms with E-state index >= 15 is 0 Å². The van der Waals surface area contributed by atoms with Crippen LogP contribution in [0, 0.1) is 5.41 Å². The van der Waals surface area contributed by atoms with E-state index in [4.69, 9.17) is 16.9 Å². The number of carboxylic acid groups (broad SMARTS) is 1. The van der Waals surface area contributed by atoms with Crippen molar-refractivity contribution in [3.05, 3.63) is 99.3 Å². The predicted octanol–water partition coefficient (Wildman–Crippen LogP) is -2.98. The molecule has 0 spiro atoms. The number of carboxylic acids is 1. The van der Waals surface area contributed by atoms with E-state index in [0.29, 0.717) is 80.1 Å². The van der Waals surface area contributed by atoms with Crippen molar-refractivity contribution in [3.63, 3.8) is 0 Å². The van der Waals surface area contributed by atoms with Crippen molar-refractivity contribution in [1.82, 2.24) is 104 Å². The van der Waals surface area contributed by atoms with Gasteiger partial charge in [0.2, 0.25) is 71.0 Å². The molecular formula is C87H125N25O24S2. The number of amides is 12. The minimum Gasteiger partial charge on any atom is -0.480 e. The molecule has 754 valence electrons. The number of aromatic nitrogens is 8. The summed E-state index contributed by atoms with van der Waals surface area (Å²) >= 11 is 0. The quantitative estimate of drug-likeness (QED) is 0.0103. The van der Waals surface area contributed by atoms with Crippen LogP contribution in [0.25, 0.3) is 22.3 Å². The summed E-state index contributed by atoms with van der Waals surface area (Å²) in [5.74, 6) is -11.5. The molecule has 28 N–H and O–H groups in total. The van der Waals surface area contributed by atoms with Gasteiger partial charge in [0.15, 0.2) is 27.8 Å². The van der Waals surface area contributed by atoms with Gasteiger partial charge in [0, 0.05) is 111 Å². The molecule has 6 aromatic rings. The second-order valence-corrected chi connectivity index (χ2v) is 35.9. The van der Waals surface area contributed by atoms with Crippen molar-refractivity contribution in [2.75, 3.05) is 80.4 Å². The standard InChI is InChI=1S/C87H125N25O24S2/c1-87(2,138-137-48-56(44-115)100-70(126)33-29-65(84(135)136)108-77(128)51-20-24-53(25-21-51)95-40-54-42-97-74-71(101-54)73(88)109-85(89)110-74)49-99-78(129)62(26-30-66(122)91-34-6-3-12-57(119)45-116)106-79(130)60(15-10-38-113)105-82(133)64(28-32-68(124)93-36-8-5-14-59(121)47-118)107-80(131)61(16-11-39-114)104-81(132)63(27-31-67(123)92-35-7-4-13-58(120)46-117)103-69(125)17-9-37-94-76(127)50-18-22-52(23-19-50)96-41-55-43-98-75-72(102-55)83(134)112-86(90)111-75/h18-25,38-39,42-44,56-65,95-96,116-121H,3-17,26-37,40-41,45-49H2,1-2H3,(H,91,122)(H,92,123)(H,93,124)(H,94,127)(H,99,129)(H,100,126)(H,103,125)(H,104,132)(H,105,133)(H,106,130)(H,107,131)(H,108,128)(H,135,136)(H4,88,89,97,109,110)(H3,90,98,111,112,134)/t56?,57-,58-,59-,60-,61-,62-,63-,64-,65-/m0/s1. The molecule has 0 saturated heterocycles. The van der Waals surface area contributed by atoms with Gasteiger partial charge in [0.05, 0.1) is 81.0 Å². The van der Waals surface area contributed by atoms with Crippen LogP contribution in [0.15, 0.2) is 65.7 Å². The molecule has 51 heteroatoms. The number of fused-ring (bicyclic) bond motifs is 2. The Kier molecular flexibility index (Phi) is 50.1. The van der Waals surface area contributed by atoms with E-state index in [1.54, 1.807) is 38.1 Å². The number of hydrogen-bond acceptors (Lipinski definition) is 36. The minimum absolute atomic E-state index is 0.00186. The lowest BCUT2D eigenvalue weighted by Crippen LogP contribution is -2.59. The van der Waals surface area contributed by atoms with Crippen molar-refractivity contribution < 1.29 is 112 Å². The number of aliphatic carboxylic acids is 1. The summed E-state index contributed by atoms with van der Waals surface area (Å²) < 4.78 is -0.922. The van der Waals surface area contributed by atoms with E-state index in [9.17, 15) is 117 Å². The number of unbranched alkanes of at least 4 members (excludes halogenated alkanes) is 3.